The van der Waals surface area contributed by atoms with Crippen molar-refractivity contribution in [2.75, 3.05) is 12.4 Å². The third-order valence-corrected chi connectivity index (χ3v) is 7.20. The summed E-state index contributed by atoms with van der Waals surface area (Å²) < 4.78 is 39.7. The second-order valence-corrected chi connectivity index (χ2v) is 10.2. The summed E-state index contributed by atoms with van der Waals surface area (Å²) in [5.74, 6) is 1.13. The van der Waals surface area contributed by atoms with Gasteiger partial charge in [-0.15, -0.1) is 0 Å². The van der Waals surface area contributed by atoms with Gasteiger partial charge in [0, 0.05) is 5.69 Å². The predicted molar refractivity (Wildman–Crippen MR) is 144 cm³/mol. The molecule has 4 rings (SSSR count). The molecule has 9 heteroatoms. The molecule has 2 N–H and O–H groups in total. The van der Waals surface area contributed by atoms with Gasteiger partial charge >= 0.3 is 0 Å². The Morgan fingerprint density at radius 2 is 1.49 bits per heavy atom. The molecule has 0 heterocycles. The molecule has 1 amide bonds. The van der Waals surface area contributed by atoms with E-state index >= 15 is 0 Å². The third-order valence-electron chi connectivity index (χ3n) is 5.43. The van der Waals surface area contributed by atoms with Crippen LogP contribution in [0.4, 0.5) is 5.69 Å². The van der Waals surface area contributed by atoms with Gasteiger partial charge in [-0.1, -0.05) is 60.1 Å². The first-order chi connectivity index (χ1) is 17.8. The molecule has 37 heavy (non-hydrogen) atoms. The van der Waals surface area contributed by atoms with Gasteiger partial charge in [0.2, 0.25) is 15.9 Å². The molecular weight excluding hydrogens is 512 g/mol. The van der Waals surface area contributed by atoms with Crippen molar-refractivity contribution in [3.8, 4) is 17.2 Å². The van der Waals surface area contributed by atoms with Crippen LogP contribution in [-0.4, -0.2) is 27.5 Å². The van der Waals surface area contributed by atoms with E-state index in [0.29, 0.717) is 22.9 Å². The van der Waals surface area contributed by atoms with Crippen LogP contribution in [0.5, 0.6) is 17.2 Å². The van der Waals surface area contributed by atoms with Gasteiger partial charge in [0.05, 0.1) is 17.0 Å². The van der Waals surface area contributed by atoms with Crippen LogP contribution < -0.4 is 19.5 Å². The lowest BCUT2D eigenvalue weighted by Crippen LogP contribution is -2.45. The molecule has 0 aliphatic rings. The van der Waals surface area contributed by atoms with Crippen LogP contribution in [0.2, 0.25) is 5.02 Å². The number of benzene rings is 4. The minimum absolute atomic E-state index is 0.0772. The van der Waals surface area contributed by atoms with Gasteiger partial charge in [-0.3, -0.25) is 4.79 Å². The van der Waals surface area contributed by atoms with Crippen LogP contribution in [0.3, 0.4) is 0 Å². The number of halogens is 1. The number of sulfonamides is 1. The van der Waals surface area contributed by atoms with E-state index in [1.807, 2.05) is 60.7 Å². The summed E-state index contributed by atoms with van der Waals surface area (Å²) in [4.78, 5) is 13.2. The molecule has 0 spiro atoms. The number of anilines is 1. The molecule has 0 unspecified atom stereocenters. The molecular formula is C28H25ClN2O5S. The van der Waals surface area contributed by atoms with E-state index in [1.54, 1.807) is 24.3 Å². The molecule has 1 atom stereocenters. The lowest BCUT2D eigenvalue weighted by molar-refractivity contribution is -0.117. The van der Waals surface area contributed by atoms with Crippen LogP contribution in [0.15, 0.2) is 108 Å². The Balaban J connectivity index is 1.52. The summed E-state index contributed by atoms with van der Waals surface area (Å²) in [5.41, 5.74) is 1.29. The predicted octanol–water partition coefficient (Wildman–Crippen LogP) is 5.67. The number of hydrogen-bond acceptors (Lipinski definition) is 5. The molecule has 0 aliphatic heterocycles. The standard InChI is InChI=1S/C28H25ClN2O5S/c1-35-27-17-16-24(19-25(27)29)37(33,34)31-26(18-20-8-4-2-5-9-20)28(32)30-21-12-14-23(15-13-21)36-22-10-6-3-7-11-22/h2-17,19,26,31H,18H2,1H3,(H,30,32)/t26-/m1/s1. The smallest absolute Gasteiger partial charge is 0.242 e. The quantitative estimate of drug-likeness (QED) is 0.272. The fraction of sp³-hybridized carbons (Fsp3) is 0.107. The van der Waals surface area contributed by atoms with Crippen LogP contribution in [0.25, 0.3) is 0 Å². The van der Waals surface area contributed by atoms with Gasteiger partial charge < -0.3 is 14.8 Å². The molecule has 0 saturated heterocycles. The zero-order chi connectivity index (χ0) is 26.3. The van der Waals surface area contributed by atoms with Crippen molar-refractivity contribution >= 4 is 33.2 Å². The average molecular weight is 537 g/mol. The fourth-order valence-electron chi connectivity index (χ4n) is 3.57. The molecule has 0 bridgehead atoms. The molecule has 7 nitrogen and oxygen atoms in total. The molecule has 4 aromatic rings. The second kappa shape index (κ2) is 11.9. The number of methoxy groups -OCH3 is 1. The molecule has 0 saturated carbocycles. The van der Waals surface area contributed by atoms with E-state index in [2.05, 4.69) is 10.0 Å². The van der Waals surface area contributed by atoms with Gasteiger partial charge in [-0.05, 0) is 66.6 Å². The molecule has 0 fully saturated rings. The number of rotatable bonds is 10. The highest BCUT2D eigenvalue weighted by Gasteiger charge is 2.27. The first-order valence-corrected chi connectivity index (χ1v) is 13.2. The highest BCUT2D eigenvalue weighted by atomic mass is 35.5. The van der Waals surface area contributed by atoms with Gasteiger partial charge in [-0.2, -0.15) is 4.72 Å². The van der Waals surface area contributed by atoms with Crippen molar-refractivity contribution in [1.29, 1.82) is 0 Å². The van der Waals surface area contributed by atoms with Gasteiger partial charge in [-0.25, -0.2) is 8.42 Å². The normalized spacial score (nSPS) is 11.9. The number of hydrogen-bond donors (Lipinski definition) is 2. The SMILES string of the molecule is COc1ccc(S(=O)(=O)N[C@H](Cc2ccccc2)C(=O)Nc2ccc(Oc3ccccc3)cc2)cc1Cl. The summed E-state index contributed by atoms with van der Waals surface area (Å²) in [6.07, 6.45) is 0.144. The maximum absolute atomic E-state index is 13.3. The lowest BCUT2D eigenvalue weighted by atomic mass is 10.1. The molecule has 0 aliphatic carbocycles. The largest absolute Gasteiger partial charge is 0.495 e. The van der Waals surface area contributed by atoms with Gasteiger partial charge in [0.15, 0.2) is 0 Å². The molecule has 0 aromatic heterocycles. The zero-order valence-corrected chi connectivity index (χ0v) is 21.5. The number of amides is 1. The average Bonchev–Trinajstić information content (AvgIpc) is 2.90. The minimum atomic E-state index is -4.08. The van der Waals surface area contributed by atoms with Crippen LogP contribution >= 0.6 is 11.6 Å². The summed E-state index contributed by atoms with van der Waals surface area (Å²) in [6, 6.07) is 28.3. The van der Waals surface area contributed by atoms with E-state index in [9.17, 15) is 13.2 Å². The molecule has 0 radical (unpaired) electrons. The van der Waals surface area contributed by atoms with Crippen molar-refractivity contribution < 1.29 is 22.7 Å². The first kappa shape index (κ1) is 26.2. The second-order valence-electron chi connectivity index (χ2n) is 8.09. The minimum Gasteiger partial charge on any atom is -0.495 e. The van der Waals surface area contributed by atoms with Crippen molar-refractivity contribution in [2.45, 2.75) is 17.4 Å². The van der Waals surface area contributed by atoms with E-state index < -0.39 is 22.0 Å². The Bertz CT molecular complexity index is 1450. The zero-order valence-electron chi connectivity index (χ0n) is 19.9. The van der Waals surface area contributed by atoms with Crippen molar-refractivity contribution in [3.63, 3.8) is 0 Å². The Labute approximate surface area is 221 Å². The maximum atomic E-state index is 13.3. The summed E-state index contributed by atoms with van der Waals surface area (Å²) >= 11 is 6.13. The van der Waals surface area contributed by atoms with E-state index in [0.717, 1.165) is 5.56 Å². The Kier molecular flexibility index (Phi) is 8.45. The van der Waals surface area contributed by atoms with E-state index in [-0.39, 0.29) is 16.3 Å². The fourth-order valence-corrected chi connectivity index (χ4v) is 5.11. The van der Waals surface area contributed by atoms with Crippen LogP contribution in [0.1, 0.15) is 5.56 Å². The Hall–Kier alpha value is -3.85. The summed E-state index contributed by atoms with van der Waals surface area (Å²) in [6.45, 7) is 0. The highest BCUT2D eigenvalue weighted by Crippen LogP contribution is 2.27. The summed E-state index contributed by atoms with van der Waals surface area (Å²) in [7, 11) is -2.64. The number of nitrogens with one attached hydrogen (secondary N) is 2. The topological polar surface area (TPSA) is 93.7 Å². The van der Waals surface area contributed by atoms with E-state index in [1.165, 1.54) is 25.3 Å². The monoisotopic (exact) mass is 536 g/mol. The van der Waals surface area contributed by atoms with Crippen LogP contribution in [0, 0.1) is 0 Å². The van der Waals surface area contributed by atoms with Gasteiger partial charge in [0.1, 0.15) is 23.3 Å². The van der Waals surface area contributed by atoms with Crippen LogP contribution in [-0.2, 0) is 21.2 Å². The van der Waals surface area contributed by atoms with Crippen molar-refractivity contribution in [3.05, 3.63) is 114 Å². The molecule has 4 aromatic carbocycles. The highest BCUT2D eigenvalue weighted by molar-refractivity contribution is 7.89. The van der Waals surface area contributed by atoms with Crippen molar-refractivity contribution in [2.24, 2.45) is 0 Å². The Morgan fingerprint density at radius 3 is 2.11 bits per heavy atom. The summed E-state index contributed by atoms with van der Waals surface area (Å²) in [5, 5.41) is 2.94. The molecule has 190 valence electrons. The maximum Gasteiger partial charge on any atom is 0.242 e. The van der Waals surface area contributed by atoms with Crippen molar-refractivity contribution in [1.82, 2.24) is 4.72 Å². The number of para-hydroxylation sites is 1. The van der Waals surface area contributed by atoms with Gasteiger partial charge in [0.25, 0.3) is 0 Å². The number of ether oxygens (including phenoxy) is 2. The Morgan fingerprint density at radius 1 is 0.865 bits per heavy atom. The first-order valence-electron chi connectivity index (χ1n) is 11.4. The van der Waals surface area contributed by atoms with E-state index in [4.69, 9.17) is 21.1 Å². The number of carbonyl (C=O) groups is 1. The number of carbonyl (C=O) groups excluding carboxylic acids is 1. The lowest BCUT2D eigenvalue weighted by Gasteiger charge is -2.19. The third kappa shape index (κ3) is 7.10.